The summed E-state index contributed by atoms with van der Waals surface area (Å²) in [6, 6.07) is 7.90. The van der Waals surface area contributed by atoms with Crippen molar-refractivity contribution < 1.29 is 18.9 Å². The number of nitro groups is 1. The molecule has 2 fully saturated rings. The molecule has 4 aliphatic rings. The lowest BCUT2D eigenvalue weighted by molar-refractivity contribution is -0.384. The monoisotopic (exact) mass is 405 g/mol. The second-order valence-corrected chi connectivity index (χ2v) is 8.03. The van der Waals surface area contributed by atoms with Crippen molar-refractivity contribution in [3.05, 3.63) is 63.9 Å². The van der Waals surface area contributed by atoms with Crippen LogP contribution in [0.3, 0.4) is 0 Å². The lowest BCUT2D eigenvalue weighted by Crippen LogP contribution is -2.38. The quantitative estimate of drug-likeness (QED) is 0.254. The molecule has 1 aromatic carbocycles. The molecule has 8 heteroatoms. The summed E-state index contributed by atoms with van der Waals surface area (Å²) in [4.78, 5) is 36.2. The summed E-state index contributed by atoms with van der Waals surface area (Å²) in [6.45, 7) is 1.83. The summed E-state index contributed by atoms with van der Waals surface area (Å²) in [5.74, 6) is -0.0769. The van der Waals surface area contributed by atoms with Crippen LogP contribution < -0.4 is 0 Å². The van der Waals surface area contributed by atoms with E-state index in [-0.39, 0.29) is 41.2 Å². The third-order valence-electron chi connectivity index (χ3n) is 6.36. The molecule has 1 saturated heterocycles. The van der Waals surface area contributed by atoms with Crippen molar-refractivity contribution in [2.24, 2.45) is 28.8 Å². The van der Waals surface area contributed by atoms with Gasteiger partial charge in [-0.05, 0) is 49.3 Å². The Bertz CT molecular complexity index is 1100. The number of allylic oxidation sites excluding steroid dienone is 2. The molecular formula is C22H19N3O5. The van der Waals surface area contributed by atoms with E-state index in [9.17, 15) is 19.7 Å². The fourth-order valence-corrected chi connectivity index (χ4v) is 4.84. The van der Waals surface area contributed by atoms with Gasteiger partial charge in [0, 0.05) is 17.7 Å². The van der Waals surface area contributed by atoms with Gasteiger partial charge in [0.25, 0.3) is 17.5 Å². The Morgan fingerprint density at radius 3 is 2.37 bits per heavy atom. The van der Waals surface area contributed by atoms with Crippen LogP contribution in [0.4, 0.5) is 5.69 Å². The number of carbonyl (C=O) groups is 2. The van der Waals surface area contributed by atoms with E-state index in [2.05, 4.69) is 17.3 Å². The number of carbonyl (C=O) groups excluding carboxylic acids is 2. The lowest BCUT2D eigenvalue weighted by Gasteiger charge is -2.37. The maximum Gasteiger partial charge on any atom is 0.270 e. The Kier molecular flexibility index (Phi) is 4.16. The van der Waals surface area contributed by atoms with Crippen LogP contribution in [0.5, 0.6) is 0 Å². The van der Waals surface area contributed by atoms with Crippen molar-refractivity contribution in [2.75, 3.05) is 0 Å². The number of hydrogen-bond donors (Lipinski definition) is 0. The summed E-state index contributed by atoms with van der Waals surface area (Å²) in [5, 5.41) is 16.2. The maximum absolute atomic E-state index is 12.8. The molecule has 2 amide bonds. The van der Waals surface area contributed by atoms with E-state index < -0.39 is 4.92 Å². The molecule has 1 aromatic heterocycles. The zero-order valence-corrected chi connectivity index (χ0v) is 16.2. The fourth-order valence-electron chi connectivity index (χ4n) is 4.84. The van der Waals surface area contributed by atoms with Gasteiger partial charge >= 0.3 is 0 Å². The number of aryl methyl sites for hydroxylation is 1. The average molecular weight is 405 g/mol. The van der Waals surface area contributed by atoms with Crippen molar-refractivity contribution in [3.63, 3.8) is 0 Å². The van der Waals surface area contributed by atoms with E-state index in [1.165, 1.54) is 18.3 Å². The first kappa shape index (κ1) is 18.5. The van der Waals surface area contributed by atoms with E-state index >= 15 is 0 Å². The summed E-state index contributed by atoms with van der Waals surface area (Å²) in [7, 11) is 0. The highest BCUT2D eigenvalue weighted by Gasteiger charge is 2.56. The van der Waals surface area contributed by atoms with Crippen LogP contribution in [0.25, 0.3) is 11.3 Å². The van der Waals surface area contributed by atoms with Gasteiger partial charge < -0.3 is 4.42 Å². The third-order valence-corrected chi connectivity index (χ3v) is 6.36. The summed E-state index contributed by atoms with van der Waals surface area (Å²) >= 11 is 0. The smallest absolute Gasteiger partial charge is 0.270 e. The molecule has 2 aromatic rings. The Labute approximate surface area is 172 Å². The summed E-state index contributed by atoms with van der Waals surface area (Å²) in [5.41, 5.74) is 1.41. The van der Waals surface area contributed by atoms with Crippen LogP contribution >= 0.6 is 0 Å². The van der Waals surface area contributed by atoms with Crippen LogP contribution in [0, 0.1) is 40.7 Å². The molecule has 8 nitrogen and oxygen atoms in total. The maximum atomic E-state index is 12.8. The third kappa shape index (κ3) is 2.79. The van der Waals surface area contributed by atoms with Crippen molar-refractivity contribution in [1.29, 1.82) is 0 Å². The standard InChI is InChI=1S/C22H19N3O5/c1-12-2-7-15(25(28)29)10-17(12)18-9-8-16(30-18)11-23-24-21(26)19-13-3-4-14(6-5-13)20(19)22(24)27/h2-4,7-11,13-14,19-20H,5-6H2,1H3/b23-11-/t13-,14-,19+,20+/m0/s1. The Morgan fingerprint density at radius 2 is 1.77 bits per heavy atom. The molecule has 4 atom stereocenters. The number of furan rings is 1. The molecule has 1 saturated carbocycles. The lowest BCUT2D eigenvalue weighted by atomic mass is 9.63. The predicted molar refractivity (Wildman–Crippen MR) is 107 cm³/mol. The minimum atomic E-state index is -0.458. The van der Waals surface area contributed by atoms with Crippen molar-refractivity contribution >= 4 is 23.7 Å². The first-order valence-electron chi connectivity index (χ1n) is 9.89. The normalized spacial score (nSPS) is 27.3. The number of non-ortho nitro benzene ring substituents is 1. The van der Waals surface area contributed by atoms with Crippen LogP contribution in [0.2, 0.25) is 0 Å². The minimum absolute atomic E-state index is 0.0266. The van der Waals surface area contributed by atoms with E-state index in [1.807, 2.05) is 6.92 Å². The number of imide groups is 1. The summed E-state index contributed by atoms with van der Waals surface area (Å²) in [6.07, 6.45) is 7.34. The molecule has 0 spiro atoms. The molecule has 2 bridgehead atoms. The molecule has 3 aliphatic carbocycles. The van der Waals surface area contributed by atoms with Gasteiger partial charge in [-0.2, -0.15) is 10.1 Å². The highest BCUT2D eigenvalue weighted by molar-refractivity contribution is 6.06. The highest BCUT2D eigenvalue weighted by Crippen LogP contribution is 2.49. The van der Waals surface area contributed by atoms with Crippen LogP contribution in [-0.2, 0) is 9.59 Å². The first-order chi connectivity index (χ1) is 14.4. The molecule has 0 unspecified atom stereocenters. The molecule has 1 aliphatic heterocycles. The second kappa shape index (κ2) is 6.76. The number of amides is 2. The van der Waals surface area contributed by atoms with Crippen molar-refractivity contribution in [2.45, 2.75) is 19.8 Å². The van der Waals surface area contributed by atoms with Crippen LogP contribution in [0.15, 0.2) is 52.0 Å². The number of benzene rings is 1. The topological polar surface area (TPSA) is 106 Å². The SMILES string of the molecule is Cc1ccc([N+](=O)[O-])cc1-c1ccc(/C=N\N2C(=O)[C@H]3[C@H](C2=O)[C@H]2C=C[C@H]3CC2)o1. The second-order valence-electron chi connectivity index (χ2n) is 8.03. The minimum Gasteiger partial charge on any atom is -0.455 e. The average Bonchev–Trinajstić information content (AvgIpc) is 3.32. The van der Waals surface area contributed by atoms with Crippen molar-refractivity contribution in [1.82, 2.24) is 5.01 Å². The molecule has 0 N–H and O–H groups in total. The molecule has 0 radical (unpaired) electrons. The van der Waals surface area contributed by atoms with Gasteiger partial charge in [-0.3, -0.25) is 19.7 Å². The van der Waals surface area contributed by atoms with E-state index in [0.29, 0.717) is 17.1 Å². The predicted octanol–water partition coefficient (Wildman–Crippen LogP) is 3.69. The molecule has 30 heavy (non-hydrogen) atoms. The van der Waals surface area contributed by atoms with Gasteiger partial charge in [-0.25, -0.2) is 0 Å². The number of hydrogen-bond acceptors (Lipinski definition) is 6. The number of fused-ring (bicyclic) bond motifs is 1. The largest absolute Gasteiger partial charge is 0.455 e. The number of rotatable bonds is 4. The summed E-state index contributed by atoms with van der Waals surface area (Å²) < 4.78 is 5.76. The van der Waals surface area contributed by atoms with Gasteiger partial charge in [0.1, 0.15) is 11.5 Å². The van der Waals surface area contributed by atoms with Gasteiger partial charge in [0.15, 0.2) is 0 Å². The Morgan fingerprint density at radius 1 is 1.10 bits per heavy atom. The van der Waals surface area contributed by atoms with Crippen molar-refractivity contribution in [3.8, 4) is 11.3 Å². The van der Waals surface area contributed by atoms with E-state index in [1.54, 1.807) is 18.2 Å². The number of nitro benzene ring substituents is 1. The fraction of sp³-hybridized carbons (Fsp3) is 0.318. The molecule has 152 valence electrons. The van der Waals surface area contributed by atoms with Crippen LogP contribution in [0.1, 0.15) is 24.2 Å². The Balaban J connectivity index is 1.39. The number of nitrogens with zero attached hydrogens (tertiary/aromatic N) is 3. The number of hydrazone groups is 1. The zero-order valence-electron chi connectivity index (χ0n) is 16.2. The zero-order chi connectivity index (χ0) is 21.0. The molecule has 2 heterocycles. The van der Waals surface area contributed by atoms with E-state index in [4.69, 9.17) is 4.42 Å². The molecular weight excluding hydrogens is 386 g/mol. The van der Waals surface area contributed by atoms with Gasteiger partial charge in [0.05, 0.1) is 23.0 Å². The van der Waals surface area contributed by atoms with Crippen LogP contribution in [-0.4, -0.2) is 28.0 Å². The molecule has 6 rings (SSSR count). The van der Waals surface area contributed by atoms with Gasteiger partial charge in [-0.15, -0.1) is 0 Å². The van der Waals surface area contributed by atoms with E-state index in [0.717, 1.165) is 23.4 Å². The first-order valence-corrected chi connectivity index (χ1v) is 9.89. The van der Waals surface area contributed by atoms with Gasteiger partial charge in [-0.1, -0.05) is 18.2 Å². The van der Waals surface area contributed by atoms with Gasteiger partial charge in [0.2, 0.25) is 0 Å². The highest BCUT2D eigenvalue weighted by atomic mass is 16.6. The Hall–Kier alpha value is -3.55.